The first kappa shape index (κ1) is 15.0. The molecule has 1 aromatic rings. The highest BCUT2D eigenvalue weighted by Crippen LogP contribution is 2.13. The van der Waals surface area contributed by atoms with Crippen molar-refractivity contribution in [2.75, 3.05) is 13.2 Å². The lowest BCUT2D eigenvalue weighted by Crippen LogP contribution is -2.35. The zero-order chi connectivity index (χ0) is 13.4. The van der Waals surface area contributed by atoms with Crippen LogP contribution in [0.3, 0.4) is 0 Å². The Morgan fingerprint density at radius 1 is 1.22 bits per heavy atom. The third-order valence-electron chi connectivity index (χ3n) is 2.67. The lowest BCUT2D eigenvalue weighted by atomic mass is 10.1. The van der Waals surface area contributed by atoms with Crippen molar-refractivity contribution in [3.63, 3.8) is 0 Å². The van der Waals surface area contributed by atoms with E-state index in [4.69, 9.17) is 4.74 Å². The number of aryl methyl sites for hydroxylation is 1. The number of hydrogen-bond acceptors (Lipinski definition) is 3. The van der Waals surface area contributed by atoms with Crippen LogP contribution in [-0.4, -0.2) is 30.4 Å². The maximum absolute atomic E-state index is 9.71. The summed E-state index contributed by atoms with van der Waals surface area (Å²) in [5, 5.41) is 12.9. The van der Waals surface area contributed by atoms with E-state index in [1.54, 1.807) is 0 Å². The number of rotatable bonds is 8. The van der Waals surface area contributed by atoms with Gasteiger partial charge in [0.1, 0.15) is 18.5 Å². The number of aliphatic hydroxyl groups excluding tert-OH is 1. The molecule has 1 aromatic carbocycles. The molecule has 0 aliphatic heterocycles. The maximum atomic E-state index is 9.71. The second kappa shape index (κ2) is 8.11. The average molecular weight is 251 g/mol. The van der Waals surface area contributed by atoms with Crippen molar-refractivity contribution in [3.8, 4) is 5.75 Å². The summed E-state index contributed by atoms with van der Waals surface area (Å²) in [5.74, 6) is 0.818. The molecular weight excluding hydrogens is 226 g/mol. The zero-order valence-corrected chi connectivity index (χ0v) is 11.6. The first-order valence-electron chi connectivity index (χ1n) is 6.75. The van der Waals surface area contributed by atoms with E-state index in [1.165, 1.54) is 5.56 Å². The topological polar surface area (TPSA) is 41.5 Å². The monoisotopic (exact) mass is 251 g/mol. The molecule has 0 amide bonds. The average Bonchev–Trinajstić information content (AvgIpc) is 2.36. The van der Waals surface area contributed by atoms with Crippen molar-refractivity contribution in [1.82, 2.24) is 5.32 Å². The summed E-state index contributed by atoms with van der Waals surface area (Å²) in [6.07, 6.45) is 1.78. The van der Waals surface area contributed by atoms with Gasteiger partial charge in [-0.1, -0.05) is 39.3 Å². The van der Waals surface area contributed by atoms with E-state index in [0.717, 1.165) is 18.6 Å². The minimum absolute atomic E-state index is 0.326. The van der Waals surface area contributed by atoms with Crippen molar-refractivity contribution in [2.24, 2.45) is 0 Å². The predicted molar refractivity (Wildman–Crippen MR) is 75.1 cm³/mol. The largest absolute Gasteiger partial charge is 0.491 e. The molecule has 3 heteroatoms. The van der Waals surface area contributed by atoms with Gasteiger partial charge in [0.2, 0.25) is 0 Å². The number of aliphatic hydroxyl groups is 1. The zero-order valence-electron chi connectivity index (χ0n) is 11.6. The predicted octanol–water partition coefficient (Wildman–Crippen LogP) is 2.38. The van der Waals surface area contributed by atoms with E-state index in [1.807, 2.05) is 12.1 Å². The van der Waals surface area contributed by atoms with Crippen LogP contribution in [0.2, 0.25) is 0 Å². The SMILES string of the molecule is CCCc1ccc(OC[C@@H](O)CNC(C)C)cc1. The van der Waals surface area contributed by atoms with Crippen molar-refractivity contribution >= 4 is 0 Å². The van der Waals surface area contributed by atoms with Crippen molar-refractivity contribution in [2.45, 2.75) is 45.8 Å². The van der Waals surface area contributed by atoms with Gasteiger partial charge >= 0.3 is 0 Å². The lowest BCUT2D eigenvalue weighted by Gasteiger charge is -2.15. The first-order chi connectivity index (χ1) is 8.61. The van der Waals surface area contributed by atoms with Crippen LogP contribution in [0.25, 0.3) is 0 Å². The molecule has 2 N–H and O–H groups in total. The molecule has 18 heavy (non-hydrogen) atoms. The van der Waals surface area contributed by atoms with Gasteiger partial charge in [0.15, 0.2) is 0 Å². The fourth-order valence-corrected chi connectivity index (χ4v) is 1.66. The van der Waals surface area contributed by atoms with Gasteiger partial charge in [0.05, 0.1) is 0 Å². The highest BCUT2D eigenvalue weighted by Gasteiger charge is 2.05. The molecule has 1 rings (SSSR count). The van der Waals surface area contributed by atoms with Gasteiger partial charge in [-0.2, -0.15) is 0 Å². The van der Waals surface area contributed by atoms with Crippen LogP contribution in [-0.2, 0) is 6.42 Å². The Kier molecular flexibility index (Phi) is 6.76. The van der Waals surface area contributed by atoms with Crippen LogP contribution in [0, 0.1) is 0 Å². The highest BCUT2D eigenvalue weighted by atomic mass is 16.5. The van der Waals surface area contributed by atoms with Gasteiger partial charge in [0.25, 0.3) is 0 Å². The fourth-order valence-electron chi connectivity index (χ4n) is 1.66. The molecule has 0 fully saturated rings. The Labute approximate surface area is 110 Å². The Morgan fingerprint density at radius 3 is 2.44 bits per heavy atom. The number of ether oxygens (including phenoxy) is 1. The highest BCUT2D eigenvalue weighted by molar-refractivity contribution is 5.27. The number of benzene rings is 1. The molecule has 0 unspecified atom stereocenters. The first-order valence-corrected chi connectivity index (χ1v) is 6.75. The van der Waals surface area contributed by atoms with Crippen LogP contribution in [0.1, 0.15) is 32.8 Å². The molecule has 102 valence electrons. The Hall–Kier alpha value is -1.06. The molecule has 0 spiro atoms. The second-order valence-corrected chi connectivity index (χ2v) is 4.92. The Morgan fingerprint density at radius 2 is 1.89 bits per heavy atom. The van der Waals surface area contributed by atoms with Gasteiger partial charge in [-0.05, 0) is 24.1 Å². The van der Waals surface area contributed by atoms with Crippen molar-refractivity contribution in [3.05, 3.63) is 29.8 Å². The Balaban J connectivity index is 2.29. The quantitative estimate of drug-likeness (QED) is 0.745. The normalized spacial score (nSPS) is 12.7. The minimum Gasteiger partial charge on any atom is -0.491 e. The minimum atomic E-state index is -0.470. The molecule has 1 atom stereocenters. The van der Waals surface area contributed by atoms with Gasteiger partial charge < -0.3 is 15.2 Å². The van der Waals surface area contributed by atoms with E-state index in [2.05, 4.69) is 38.2 Å². The number of nitrogens with one attached hydrogen (secondary N) is 1. The summed E-state index contributed by atoms with van der Waals surface area (Å²) in [7, 11) is 0. The van der Waals surface area contributed by atoms with Crippen LogP contribution in [0.4, 0.5) is 0 Å². The van der Waals surface area contributed by atoms with E-state index >= 15 is 0 Å². The molecule has 0 bridgehead atoms. The third kappa shape index (κ3) is 6.03. The van der Waals surface area contributed by atoms with Crippen LogP contribution >= 0.6 is 0 Å². The van der Waals surface area contributed by atoms with Crippen LogP contribution in [0.15, 0.2) is 24.3 Å². The maximum Gasteiger partial charge on any atom is 0.119 e. The van der Waals surface area contributed by atoms with Gasteiger partial charge in [-0.25, -0.2) is 0 Å². The summed E-state index contributed by atoms with van der Waals surface area (Å²) in [4.78, 5) is 0. The van der Waals surface area contributed by atoms with E-state index in [0.29, 0.717) is 19.2 Å². The smallest absolute Gasteiger partial charge is 0.119 e. The fraction of sp³-hybridized carbons (Fsp3) is 0.600. The summed E-state index contributed by atoms with van der Waals surface area (Å²) in [6, 6.07) is 8.48. The Bertz CT molecular complexity index is 322. The third-order valence-corrected chi connectivity index (χ3v) is 2.67. The molecule has 0 aliphatic carbocycles. The molecule has 0 saturated heterocycles. The molecule has 0 aliphatic rings. The summed E-state index contributed by atoms with van der Waals surface area (Å²) in [5.41, 5.74) is 1.33. The molecule has 0 heterocycles. The molecular formula is C15H25NO2. The van der Waals surface area contributed by atoms with Crippen LogP contribution < -0.4 is 10.1 Å². The molecule has 0 saturated carbocycles. The van der Waals surface area contributed by atoms with Gasteiger partial charge in [-0.3, -0.25) is 0 Å². The molecule has 0 aromatic heterocycles. The number of hydrogen-bond donors (Lipinski definition) is 2. The summed E-state index contributed by atoms with van der Waals surface area (Å²) < 4.78 is 5.54. The lowest BCUT2D eigenvalue weighted by molar-refractivity contribution is 0.104. The van der Waals surface area contributed by atoms with Crippen LogP contribution in [0.5, 0.6) is 5.75 Å². The van der Waals surface area contributed by atoms with E-state index in [9.17, 15) is 5.11 Å². The second-order valence-electron chi connectivity index (χ2n) is 4.92. The molecule has 3 nitrogen and oxygen atoms in total. The van der Waals surface area contributed by atoms with Crippen molar-refractivity contribution in [1.29, 1.82) is 0 Å². The summed E-state index contributed by atoms with van der Waals surface area (Å²) >= 11 is 0. The van der Waals surface area contributed by atoms with Crippen molar-refractivity contribution < 1.29 is 9.84 Å². The van der Waals surface area contributed by atoms with Gasteiger partial charge in [-0.15, -0.1) is 0 Å². The standard InChI is InChI=1S/C15H25NO2/c1-4-5-13-6-8-15(9-7-13)18-11-14(17)10-16-12(2)3/h6-9,12,14,16-17H,4-5,10-11H2,1-3H3/t14-/m0/s1. The molecule has 0 radical (unpaired) electrons. The summed E-state index contributed by atoms with van der Waals surface area (Å²) in [6.45, 7) is 7.17. The van der Waals surface area contributed by atoms with E-state index < -0.39 is 6.10 Å². The van der Waals surface area contributed by atoms with Gasteiger partial charge in [0, 0.05) is 12.6 Å². The van der Waals surface area contributed by atoms with E-state index in [-0.39, 0.29) is 0 Å².